The molecule has 0 heterocycles. The molecule has 4 heteroatoms. The molecular formula is C18H25NO3. The van der Waals surface area contributed by atoms with Crippen LogP contribution in [0.3, 0.4) is 0 Å². The van der Waals surface area contributed by atoms with Gasteiger partial charge >= 0.3 is 0 Å². The van der Waals surface area contributed by atoms with E-state index in [0.29, 0.717) is 18.7 Å². The molecule has 0 radical (unpaired) electrons. The van der Waals surface area contributed by atoms with E-state index >= 15 is 0 Å². The minimum atomic E-state index is -0.476. The summed E-state index contributed by atoms with van der Waals surface area (Å²) < 4.78 is 11.0. The van der Waals surface area contributed by atoms with E-state index in [4.69, 9.17) is 9.47 Å². The molecule has 1 aromatic carbocycles. The van der Waals surface area contributed by atoms with Crippen molar-refractivity contribution in [2.24, 2.45) is 0 Å². The highest BCUT2D eigenvalue weighted by Gasteiger charge is 2.18. The molecule has 1 aromatic rings. The highest BCUT2D eigenvalue weighted by Crippen LogP contribution is 2.21. The molecule has 0 spiro atoms. The summed E-state index contributed by atoms with van der Waals surface area (Å²) in [6, 6.07) is 7.33. The molecule has 1 atom stereocenters. The Morgan fingerprint density at radius 1 is 1.32 bits per heavy atom. The fourth-order valence-corrected chi connectivity index (χ4v) is 2.54. The molecule has 22 heavy (non-hydrogen) atoms. The standard InChI is InChI=1S/C18H25NO3/c1-3-17(22-16-11-7-10-15(12-16)21-2)18(20)19-13-14-8-5-4-6-9-14/h7-8,10-12,17H,3-6,9,13H2,1-2H3,(H,19,20). The second kappa shape index (κ2) is 8.47. The third kappa shape index (κ3) is 4.79. The Hall–Kier alpha value is -1.97. The first-order chi connectivity index (χ1) is 10.7. The van der Waals surface area contributed by atoms with E-state index in [2.05, 4.69) is 11.4 Å². The molecule has 0 bridgehead atoms. The molecule has 1 aliphatic carbocycles. The van der Waals surface area contributed by atoms with Crippen LogP contribution in [0.15, 0.2) is 35.9 Å². The smallest absolute Gasteiger partial charge is 0.261 e. The summed E-state index contributed by atoms with van der Waals surface area (Å²) in [4.78, 5) is 12.3. The molecule has 1 unspecified atom stereocenters. The number of carbonyl (C=O) groups excluding carboxylic acids is 1. The van der Waals surface area contributed by atoms with Crippen molar-refractivity contribution in [1.82, 2.24) is 5.32 Å². The third-order valence-electron chi connectivity index (χ3n) is 3.86. The zero-order valence-electron chi connectivity index (χ0n) is 13.4. The first-order valence-electron chi connectivity index (χ1n) is 7.99. The highest BCUT2D eigenvalue weighted by atomic mass is 16.5. The molecule has 1 amide bonds. The van der Waals surface area contributed by atoms with E-state index in [1.807, 2.05) is 25.1 Å². The van der Waals surface area contributed by atoms with Crippen LogP contribution < -0.4 is 14.8 Å². The van der Waals surface area contributed by atoms with Crippen molar-refractivity contribution in [3.05, 3.63) is 35.9 Å². The largest absolute Gasteiger partial charge is 0.497 e. The first-order valence-corrected chi connectivity index (χ1v) is 7.99. The Morgan fingerprint density at radius 2 is 2.14 bits per heavy atom. The predicted molar refractivity (Wildman–Crippen MR) is 87.3 cm³/mol. The Balaban J connectivity index is 1.89. The van der Waals surface area contributed by atoms with Gasteiger partial charge in [-0.1, -0.05) is 24.6 Å². The van der Waals surface area contributed by atoms with Gasteiger partial charge in [-0.15, -0.1) is 0 Å². The van der Waals surface area contributed by atoms with Gasteiger partial charge in [0.25, 0.3) is 5.91 Å². The molecule has 1 N–H and O–H groups in total. The van der Waals surface area contributed by atoms with Crippen molar-refractivity contribution in [2.45, 2.75) is 45.1 Å². The van der Waals surface area contributed by atoms with E-state index in [-0.39, 0.29) is 5.91 Å². The zero-order chi connectivity index (χ0) is 15.8. The molecule has 4 nitrogen and oxygen atoms in total. The molecular weight excluding hydrogens is 278 g/mol. The van der Waals surface area contributed by atoms with Crippen molar-refractivity contribution in [2.75, 3.05) is 13.7 Å². The van der Waals surface area contributed by atoms with Crippen LogP contribution in [-0.2, 0) is 4.79 Å². The van der Waals surface area contributed by atoms with E-state index in [1.54, 1.807) is 13.2 Å². The van der Waals surface area contributed by atoms with Gasteiger partial charge in [0.15, 0.2) is 6.10 Å². The SMILES string of the molecule is CCC(Oc1cccc(OC)c1)C(=O)NCC1=CCCCC1. The van der Waals surface area contributed by atoms with E-state index in [0.717, 1.165) is 18.6 Å². The van der Waals surface area contributed by atoms with Crippen LogP contribution in [0, 0.1) is 0 Å². The highest BCUT2D eigenvalue weighted by molar-refractivity contribution is 5.81. The lowest BCUT2D eigenvalue weighted by atomic mass is 10.00. The van der Waals surface area contributed by atoms with Crippen molar-refractivity contribution >= 4 is 5.91 Å². The quantitative estimate of drug-likeness (QED) is 0.785. The fraction of sp³-hybridized carbons (Fsp3) is 0.500. The van der Waals surface area contributed by atoms with Gasteiger partial charge in [0.1, 0.15) is 11.5 Å². The molecule has 0 aromatic heterocycles. The Labute approximate surface area is 132 Å². The average molecular weight is 303 g/mol. The van der Waals surface area contributed by atoms with Crippen LogP contribution >= 0.6 is 0 Å². The summed E-state index contributed by atoms with van der Waals surface area (Å²) in [5.41, 5.74) is 1.33. The summed E-state index contributed by atoms with van der Waals surface area (Å²) in [5.74, 6) is 1.31. The minimum Gasteiger partial charge on any atom is -0.497 e. The van der Waals surface area contributed by atoms with Crippen LogP contribution in [-0.4, -0.2) is 25.7 Å². The van der Waals surface area contributed by atoms with Crippen LogP contribution in [0.25, 0.3) is 0 Å². The van der Waals surface area contributed by atoms with Crippen molar-refractivity contribution in [3.63, 3.8) is 0 Å². The van der Waals surface area contributed by atoms with Crippen molar-refractivity contribution < 1.29 is 14.3 Å². The molecule has 120 valence electrons. The number of carbonyl (C=O) groups is 1. The molecule has 1 aliphatic rings. The lowest BCUT2D eigenvalue weighted by Crippen LogP contribution is -2.39. The number of benzene rings is 1. The van der Waals surface area contributed by atoms with E-state index < -0.39 is 6.10 Å². The second-order valence-electron chi connectivity index (χ2n) is 5.52. The van der Waals surface area contributed by atoms with E-state index in [1.165, 1.54) is 18.4 Å². The number of rotatable bonds is 7. The zero-order valence-corrected chi connectivity index (χ0v) is 13.4. The Kier molecular flexibility index (Phi) is 6.31. The average Bonchev–Trinajstić information content (AvgIpc) is 2.58. The fourth-order valence-electron chi connectivity index (χ4n) is 2.54. The lowest BCUT2D eigenvalue weighted by Gasteiger charge is -2.19. The van der Waals surface area contributed by atoms with Gasteiger partial charge in [0.2, 0.25) is 0 Å². The van der Waals surface area contributed by atoms with Crippen molar-refractivity contribution in [1.29, 1.82) is 0 Å². The molecule has 0 saturated heterocycles. The summed E-state index contributed by atoms with van der Waals surface area (Å²) >= 11 is 0. The molecule has 0 fully saturated rings. The predicted octanol–water partition coefficient (Wildman–Crippen LogP) is 3.47. The molecule has 2 rings (SSSR count). The van der Waals surface area contributed by atoms with E-state index in [9.17, 15) is 4.79 Å². The number of allylic oxidation sites excluding steroid dienone is 1. The normalized spacial score (nSPS) is 15.6. The van der Waals surface area contributed by atoms with Gasteiger partial charge in [0, 0.05) is 12.6 Å². The maximum absolute atomic E-state index is 12.3. The van der Waals surface area contributed by atoms with Crippen LogP contribution in [0.2, 0.25) is 0 Å². The maximum atomic E-state index is 12.3. The first kappa shape index (κ1) is 16.4. The summed E-state index contributed by atoms with van der Waals surface area (Å²) in [6.07, 6.45) is 7.09. The maximum Gasteiger partial charge on any atom is 0.261 e. The number of hydrogen-bond acceptors (Lipinski definition) is 3. The monoisotopic (exact) mass is 303 g/mol. The summed E-state index contributed by atoms with van der Waals surface area (Å²) in [6.45, 7) is 2.58. The molecule has 0 aliphatic heterocycles. The van der Waals surface area contributed by atoms with Gasteiger partial charge in [0.05, 0.1) is 7.11 Å². The van der Waals surface area contributed by atoms with Crippen LogP contribution in [0.1, 0.15) is 39.0 Å². The topological polar surface area (TPSA) is 47.6 Å². The third-order valence-corrected chi connectivity index (χ3v) is 3.86. The van der Waals surface area contributed by atoms with Crippen molar-refractivity contribution in [3.8, 4) is 11.5 Å². The van der Waals surface area contributed by atoms with Gasteiger partial charge in [-0.2, -0.15) is 0 Å². The van der Waals surface area contributed by atoms with Crippen LogP contribution in [0.5, 0.6) is 11.5 Å². The number of nitrogens with one attached hydrogen (secondary N) is 1. The summed E-state index contributed by atoms with van der Waals surface area (Å²) in [5, 5.41) is 2.99. The molecule has 0 saturated carbocycles. The second-order valence-corrected chi connectivity index (χ2v) is 5.52. The summed E-state index contributed by atoms with van der Waals surface area (Å²) in [7, 11) is 1.61. The lowest BCUT2D eigenvalue weighted by molar-refractivity contribution is -0.127. The van der Waals surface area contributed by atoms with Gasteiger partial charge < -0.3 is 14.8 Å². The number of amides is 1. The van der Waals surface area contributed by atoms with Gasteiger partial charge in [-0.05, 0) is 44.2 Å². The Bertz CT molecular complexity index is 525. The Morgan fingerprint density at radius 3 is 2.82 bits per heavy atom. The van der Waals surface area contributed by atoms with Gasteiger partial charge in [-0.25, -0.2) is 0 Å². The minimum absolute atomic E-state index is 0.0585. The number of ether oxygens (including phenoxy) is 2. The number of methoxy groups -OCH3 is 1. The number of hydrogen-bond donors (Lipinski definition) is 1. The van der Waals surface area contributed by atoms with Crippen LogP contribution in [0.4, 0.5) is 0 Å². The van der Waals surface area contributed by atoms with Gasteiger partial charge in [-0.3, -0.25) is 4.79 Å².